The zero-order valence-electron chi connectivity index (χ0n) is 8.87. The Morgan fingerprint density at radius 2 is 2.40 bits per heavy atom. The van der Waals surface area contributed by atoms with E-state index >= 15 is 0 Å². The van der Waals surface area contributed by atoms with E-state index in [1.807, 2.05) is 11.3 Å². The Labute approximate surface area is 94.6 Å². The Hall–Kier alpha value is -0.380. The largest absolute Gasteiger partial charge is 0.376 e. The highest BCUT2D eigenvalue weighted by atomic mass is 32.1. The summed E-state index contributed by atoms with van der Waals surface area (Å²) < 4.78 is 5.89. The molecule has 2 nitrogen and oxygen atoms in total. The normalized spacial score (nSPS) is 31.2. The van der Waals surface area contributed by atoms with E-state index in [9.17, 15) is 0 Å². The van der Waals surface area contributed by atoms with Gasteiger partial charge in [0.25, 0.3) is 0 Å². The lowest BCUT2D eigenvalue weighted by molar-refractivity contribution is -0.00864. The molecule has 2 aliphatic rings. The van der Waals surface area contributed by atoms with Crippen LogP contribution in [0.5, 0.6) is 0 Å². The molecule has 2 unspecified atom stereocenters. The van der Waals surface area contributed by atoms with Gasteiger partial charge in [-0.2, -0.15) is 0 Å². The van der Waals surface area contributed by atoms with Gasteiger partial charge in [0.2, 0.25) is 0 Å². The first kappa shape index (κ1) is 9.82. The molecule has 2 atom stereocenters. The van der Waals surface area contributed by atoms with Gasteiger partial charge in [-0.25, -0.2) is 0 Å². The second-order valence-corrected chi connectivity index (χ2v) is 5.34. The molecule has 0 amide bonds. The van der Waals surface area contributed by atoms with E-state index < -0.39 is 0 Å². The number of hydrogen-bond acceptors (Lipinski definition) is 3. The minimum atomic E-state index is 0.413. The van der Waals surface area contributed by atoms with Gasteiger partial charge in [0, 0.05) is 11.5 Å². The minimum absolute atomic E-state index is 0.413. The van der Waals surface area contributed by atoms with Gasteiger partial charge in [0.15, 0.2) is 0 Å². The molecule has 1 fully saturated rings. The van der Waals surface area contributed by atoms with E-state index in [1.165, 1.54) is 36.1 Å². The lowest BCUT2D eigenvalue weighted by atomic mass is 9.95. The predicted molar refractivity (Wildman–Crippen MR) is 62.4 cm³/mol. The van der Waals surface area contributed by atoms with Crippen LogP contribution in [0.25, 0.3) is 0 Å². The Morgan fingerprint density at radius 3 is 3.27 bits per heavy atom. The first-order chi connectivity index (χ1) is 7.45. The van der Waals surface area contributed by atoms with Crippen molar-refractivity contribution in [3.8, 4) is 0 Å². The molecular formula is C12H17NOS. The summed E-state index contributed by atoms with van der Waals surface area (Å²) in [6.45, 7) is 2.05. The van der Waals surface area contributed by atoms with Crippen molar-refractivity contribution < 1.29 is 4.74 Å². The second-order valence-electron chi connectivity index (χ2n) is 4.40. The predicted octanol–water partition coefficient (Wildman–Crippen LogP) is 2.50. The molecule has 15 heavy (non-hydrogen) atoms. The molecule has 0 radical (unpaired) electrons. The van der Waals surface area contributed by atoms with Gasteiger partial charge in [-0.3, -0.25) is 0 Å². The molecule has 0 aliphatic carbocycles. The first-order valence-electron chi connectivity index (χ1n) is 5.86. The maximum Gasteiger partial charge on any atom is 0.0777 e. The van der Waals surface area contributed by atoms with Crippen molar-refractivity contribution in [1.82, 2.24) is 5.32 Å². The standard InChI is InChI=1S/C12H17NOS/c1-2-7-14-10(3-1)11-12-9(4-6-13-11)5-8-15-12/h5,8,10-11,13H,1-4,6-7H2. The molecule has 82 valence electrons. The monoisotopic (exact) mass is 223 g/mol. The molecule has 1 aromatic rings. The van der Waals surface area contributed by atoms with Gasteiger partial charge >= 0.3 is 0 Å². The van der Waals surface area contributed by atoms with Crippen molar-refractivity contribution >= 4 is 11.3 Å². The van der Waals surface area contributed by atoms with Gasteiger partial charge in [-0.05, 0) is 49.2 Å². The van der Waals surface area contributed by atoms with Gasteiger partial charge in [0.05, 0.1) is 12.1 Å². The zero-order valence-corrected chi connectivity index (χ0v) is 9.69. The van der Waals surface area contributed by atoms with Crippen LogP contribution in [0.1, 0.15) is 35.7 Å². The van der Waals surface area contributed by atoms with Crippen molar-refractivity contribution in [2.24, 2.45) is 0 Å². The summed E-state index contributed by atoms with van der Waals surface area (Å²) in [4.78, 5) is 1.52. The van der Waals surface area contributed by atoms with Crippen molar-refractivity contribution in [3.63, 3.8) is 0 Å². The van der Waals surface area contributed by atoms with Crippen LogP contribution in [0.4, 0.5) is 0 Å². The number of thiophene rings is 1. The average molecular weight is 223 g/mol. The smallest absolute Gasteiger partial charge is 0.0777 e. The number of nitrogens with one attached hydrogen (secondary N) is 1. The number of ether oxygens (including phenoxy) is 1. The summed E-state index contributed by atoms with van der Waals surface area (Å²) in [6.07, 6.45) is 5.37. The summed E-state index contributed by atoms with van der Waals surface area (Å²) in [5.41, 5.74) is 1.54. The third-order valence-electron chi connectivity index (χ3n) is 3.41. The Bertz CT molecular complexity index is 330. The van der Waals surface area contributed by atoms with Crippen molar-refractivity contribution in [1.29, 1.82) is 0 Å². The number of fused-ring (bicyclic) bond motifs is 1. The van der Waals surface area contributed by atoms with Crippen LogP contribution in [0, 0.1) is 0 Å². The maximum atomic E-state index is 5.89. The van der Waals surface area contributed by atoms with Crippen LogP contribution in [0.2, 0.25) is 0 Å². The highest BCUT2D eigenvalue weighted by Crippen LogP contribution is 2.34. The molecule has 3 heteroatoms. The first-order valence-corrected chi connectivity index (χ1v) is 6.74. The Balaban J connectivity index is 1.82. The fourth-order valence-corrected chi connectivity index (χ4v) is 3.69. The average Bonchev–Trinajstić information content (AvgIpc) is 2.78. The summed E-state index contributed by atoms with van der Waals surface area (Å²) in [5.74, 6) is 0. The van der Waals surface area contributed by atoms with E-state index in [0.29, 0.717) is 12.1 Å². The molecule has 0 bridgehead atoms. The number of hydrogen-bond donors (Lipinski definition) is 1. The zero-order chi connectivity index (χ0) is 10.1. The van der Waals surface area contributed by atoms with Crippen molar-refractivity contribution in [2.45, 2.75) is 37.8 Å². The summed E-state index contributed by atoms with van der Waals surface area (Å²) in [6, 6.07) is 2.74. The Kier molecular flexibility index (Phi) is 2.77. The second kappa shape index (κ2) is 4.24. The summed E-state index contributed by atoms with van der Waals surface area (Å²) in [7, 11) is 0. The molecule has 0 saturated carbocycles. The van der Waals surface area contributed by atoms with Crippen LogP contribution < -0.4 is 5.32 Å². The van der Waals surface area contributed by atoms with Gasteiger partial charge in [0.1, 0.15) is 0 Å². The minimum Gasteiger partial charge on any atom is -0.376 e. The third kappa shape index (κ3) is 1.84. The van der Waals surface area contributed by atoms with Crippen LogP contribution in [-0.4, -0.2) is 19.3 Å². The van der Waals surface area contributed by atoms with Crippen molar-refractivity contribution in [3.05, 3.63) is 21.9 Å². The summed E-state index contributed by atoms with van der Waals surface area (Å²) >= 11 is 1.88. The molecule has 1 N–H and O–H groups in total. The van der Waals surface area contributed by atoms with E-state index in [-0.39, 0.29) is 0 Å². The molecule has 0 spiro atoms. The van der Waals surface area contributed by atoms with E-state index in [2.05, 4.69) is 16.8 Å². The summed E-state index contributed by atoms with van der Waals surface area (Å²) in [5, 5.41) is 5.83. The van der Waals surface area contributed by atoms with Gasteiger partial charge in [-0.15, -0.1) is 11.3 Å². The quantitative estimate of drug-likeness (QED) is 0.790. The van der Waals surface area contributed by atoms with E-state index in [0.717, 1.165) is 13.2 Å². The van der Waals surface area contributed by atoms with Crippen LogP contribution in [0.15, 0.2) is 11.4 Å². The van der Waals surface area contributed by atoms with Crippen LogP contribution in [-0.2, 0) is 11.2 Å². The molecule has 3 rings (SSSR count). The lowest BCUT2D eigenvalue weighted by Gasteiger charge is -2.33. The molecule has 3 heterocycles. The van der Waals surface area contributed by atoms with E-state index in [4.69, 9.17) is 4.74 Å². The third-order valence-corrected chi connectivity index (χ3v) is 4.45. The van der Waals surface area contributed by atoms with Crippen molar-refractivity contribution in [2.75, 3.05) is 13.2 Å². The van der Waals surface area contributed by atoms with Crippen LogP contribution >= 0.6 is 11.3 Å². The number of rotatable bonds is 1. The Morgan fingerprint density at radius 1 is 1.40 bits per heavy atom. The molecule has 2 aliphatic heterocycles. The van der Waals surface area contributed by atoms with Gasteiger partial charge in [-0.1, -0.05) is 0 Å². The molecular weight excluding hydrogens is 206 g/mol. The topological polar surface area (TPSA) is 21.3 Å². The SMILES string of the molecule is c1cc2c(s1)C(C1CCCCO1)NCC2. The molecule has 1 aromatic heterocycles. The molecule has 1 saturated heterocycles. The maximum absolute atomic E-state index is 5.89. The fourth-order valence-electron chi connectivity index (χ4n) is 2.61. The highest BCUT2D eigenvalue weighted by Gasteiger charge is 2.30. The highest BCUT2D eigenvalue weighted by molar-refractivity contribution is 7.10. The van der Waals surface area contributed by atoms with Crippen LogP contribution in [0.3, 0.4) is 0 Å². The fraction of sp³-hybridized carbons (Fsp3) is 0.667. The van der Waals surface area contributed by atoms with E-state index in [1.54, 1.807) is 0 Å². The lowest BCUT2D eigenvalue weighted by Crippen LogP contribution is -2.39. The van der Waals surface area contributed by atoms with Gasteiger partial charge < -0.3 is 10.1 Å². The molecule has 0 aromatic carbocycles.